The topological polar surface area (TPSA) is 66.4 Å². The van der Waals surface area contributed by atoms with Crippen molar-refractivity contribution in [1.82, 2.24) is 19.8 Å². The van der Waals surface area contributed by atoms with Crippen molar-refractivity contribution in [3.05, 3.63) is 23.8 Å². The highest BCUT2D eigenvalue weighted by molar-refractivity contribution is 5.97. The van der Waals surface area contributed by atoms with Crippen LogP contribution in [-0.4, -0.2) is 57.3 Å². The molecule has 2 aliphatic heterocycles. The summed E-state index contributed by atoms with van der Waals surface area (Å²) in [6, 6.07) is -0.313. The summed E-state index contributed by atoms with van der Waals surface area (Å²) in [5.74, 6) is 0.714. The molecule has 0 N–H and O–H groups in total. The third kappa shape index (κ3) is 3.35. The van der Waals surface area contributed by atoms with Gasteiger partial charge in [-0.2, -0.15) is 0 Å². The van der Waals surface area contributed by atoms with E-state index in [1.165, 1.54) is 6.42 Å². The molecule has 3 rings (SSSR count). The van der Waals surface area contributed by atoms with E-state index in [0.29, 0.717) is 12.1 Å². The van der Waals surface area contributed by atoms with Crippen LogP contribution < -0.4 is 0 Å². The normalized spacial score (nSPS) is 21.5. The maximum Gasteiger partial charge on any atom is 0.257 e. The summed E-state index contributed by atoms with van der Waals surface area (Å²) in [4.78, 5) is 37.5. The standard InChI is InChI=1S/C17H24N4O2/c1-2-15-18-11-13(12-19-15)16(22)21-10-6-7-14(21)17(23)20-8-4-3-5-9-20/h11-12,14H,2-10H2,1H3/t14-/m0/s1. The Bertz CT molecular complexity index is 566. The van der Waals surface area contributed by atoms with E-state index < -0.39 is 0 Å². The minimum absolute atomic E-state index is 0.113. The van der Waals surface area contributed by atoms with Gasteiger partial charge in [0.15, 0.2) is 0 Å². The van der Waals surface area contributed by atoms with Crippen molar-refractivity contribution in [2.75, 3.05) is 19.6 Å². The van der Waals surface area contributed by atoms with Gasteiger partial charge in [-0.15, -0.1) is 0 Å². The second kappa shape index (κ2) is 7.06. The van der Waals surface area contributed by atoms with Crippen LogP contribution in [0.4, 0.5) is 0 Å². The first-order valence-electron chi connectivity index (χ1n) is 8.61. The highest BCUT2D eigenvalue weighted by Gasteiger charge is 2.37. The van der Waals surface area contributed by atoms with E-state index in [0.717, 1.165) is 51.0 Å². The van der Waals surface area contributed by atoms with E-state index in [4.69, 9.17) is 0 Å². The molecule has 0 radical (unpaired) electrons. The summed E-state index contributed by atoms with van der Waals surface area (Å²) < 4.78 is 0. The van der Waals surface area contributed by atoms with Crippen LogP contribution >= 0.6 is 0 Å². The van der Waals surface area contributed by atoms with Crippen molar-refractivity contribution in [3.63, 3.8) is 0 Å². The molecule has 3 heterocycles. The number of aryl methyl sites for hydroxylation is 1. The molecule has 6 nitrogen and oxygen atoms in total. The van der Waals surface area contributed by atoms with Crippen LogP contribution in [0.25, 0.3) is 0 Å². The first kappa shape index (κ1) is 15.9. The van der Waals surface area contributed by atoms with Crippen molar-refractivity contribution in [2.45, 2.75) is 51.5 Å². The molecule has 0 spiro atoms. The van der Waals surface area contributed by atoms with E-state index >= 15 is 0 Å². The zero-order valence-electron chi connectivity index (χ0n) is 13.7. The molecular formula is C17H24N4O2. The van der Waals surface area contributed by atoms with Gasteiger partial charge >= 0.3 is 0 Å². The van der Waals surface area contributed by atoms with Crippen LogP contribution in [0.1, 0.15) is 55.2 Å². The number of carbonyl (C=O) groups is 2. The van der Waals surface area contributed by atoms with Gasteiger partial charge in [0.2, 0.25) is 5.91 Å². The van der Waals surface area contributed by atoms with Gasteiger partial charge in [0, 0.05) is 38.4 Å². The van der Waals surface area contributed by atoms with Gasteiger partial charge in [0.25, 0.3) is 5.91 Å². The first-order chi connectivity index (χ1) is 11.2. The van der Waals surface area contributed by atoms with Gasteiger partial charge in [-0.3, -0.25) is 9.59 Å². The molecule has 6 heteroatoms. The number of hydrogen-bond donors (Lipinski definition) is 0. The fourth-order valence-electron chi connectivity index (χ4n) is 3.41. The molecule has 0 saturated carbocycles. The molecule has 2 amide bonds. The van der Waals surface area contributed by atoms with Gasteiger partial charge in [-0.05, 0) is 32.1 Å². The average molecular weight is 316 g/mol. The third-order valence-corrected chi connectivity index (χ3v) is 4.73. The lowest BCUT2D eigenvalue weighted by Crippen LogP contribution is -2.49. The highest BCUT2D eigenvalue weighted by Crippen LogP contribution is 2.23. The van der Waals surface area contributed by atoms with Crippen LogP contribution in [0.5, 0.6) is 0 Å². The fraction of sp³-hybridized carbons (Fsp3) is 0.647. The molecular weight excluding hydrogens is 292 g/mol. The molecule has 23 heavy (non-hydrogen) atoms. The second-order valence-corrected chi connectivity index (χ2v) is 6.28. The zero-order valence-corrected chi connectivity index (χ0v) is 13.7. The Morgan fingerprint density at radius 3 is 2.43 bits per heavy atom. The van der Waals surface area contributed by atoms with Crippen LogP contribution in [0.3, 0.4) is 0 Å². The largest absolute Gasteiger partial charge is 0.341 e. The summed E-state index contributed by atoms with van der Waals surface area (Å²) in [6.45, 7) is 4.26. The lowest BCUT2D eigenvalue weighted by Gasteiger charge is -2.32. The predicted molar refractivity (Wildman–Crippen MR) is 85.9 cm³/mol. The Hall–Kier alpha value is -1.98. The van der Waals surface area contributed by atoms with Crippen LogP contribution in [0.15, 0.2) is 12.4 Å². The predicted octanol–water partition coefficient (Wildman–Crippen LogP) is 1.66. The summed E-state index contributed by atoms with van der Waals surface area (Å²) in [6.07, 6.45) is 8.87. The summed E-state index contributed by atoms with van der Waals surface area (Å²) >= 11 is 0. The molecule has 2 aliphatic rings. The van der Waals surface area contributed by atoms with E-state index in [1.54, 1.807) is 17.3 Å². The quantitative estimate of drug-likeness (QED) is 0.850. The SMILES string of the molecule is CCc1ncc(C(=O)N2CCC[C@H]2C(=O)N2CCCCC2)cn1. The molecule has 1 aromatic heterocycles. The minimum atomic E-state index is -0.313. The van der Waals surface area contributed by atoms with Gasteiger partial charge in [-0.25, -0.2) is 9.97 Å². The smallest absolute Gasteiger partial charge is 0.257 e. The molecule has 1 atom stereocenters. The maximum absolute atomic E-state index is 12.7. The summed E-state index contributed by atoms with van der Waals surface area (Å²) in [7, 11) is 0. The zero-order chi connectivity index (χ0) is 16.2. The summed E-state index contributed by atoms with van der Waals surface area (Å²) in [5, 5.41) is 0. The third-order valence-electron chi connectivity index (χ3n) is 4.73. The number of rotatable bonds is 3. The fourth-order valence-corrected chi connectivity index (χ4v) is 3.41. The number of aromatic nitrogens is 2. The Morgan fingerprint density at radius 2 is 1.78 bits per heavy atom. The molecule has 1 aromatic rings. The van der Waals surface area contributed by atoms with E-state index in [9.17, 15) is 9.59 Å². The number of likely N-dealkylation sites (tertiary alicyclic amines) is 2. The van der Waals surface area contributed by atoms with E-state index in [1.807, 2.05) is 11.8 Å². The van der Waals surface area contributed by atoms with E-state index in [-0.39, 0.29) is 17.9 Å². The molecule has 0 unspecified atom stereocenters. The van der Waals surface area contributed by atoms with Crippen molar-refractivity contribution >= 4 is 11.8 Å². The average Bonchev–Trinajstić information content (AvgIpc) is 3.11. The molecule has 2 saturated heterocycles. The minimum Gasteiger partial charge on any atom is -0.341 e. The first-order valence-corrected chi connectivity index (χ1v) is 8.61. The Kier molecular flexibility index (Phi) is 4.88. The van der Waals surface area contributed by atoms with Crippen molar-refractivity contribution < 1.29 is 9.59 Å². The number of piperidine rings is 1. The number of hydrogen-bond acceptors (Lipinski definition) is 4. The Labute approximate surface area is 136 Å². The lowest BCUT2D eigenvalue weighted by atomic mass is 10.1. The lowest BCUT2D eigenvalue weighted by molar-refractivity contribution is -0.136. The molecule has 0 bridgehead atoms. The Balaban J connectivity index is 1.72. The van der Waals surface area contributed by atoms with Crippen LogP contribution in [0, 0.1) is 0 Å². The summed E-state index contributed by atoms with van der Waals surface area (Å²) in [5.41, 5.74) is 0.473. The molecule has 0 aromatic carbocycles. The van der Waals surface area contributed by atoms with E-state index in [2.05, 4.69) is 9.97 Å². The number of nitrogens with zero attached hydrogens (tertiary/aromatic N) is 4. The second-order valence-electron chi connectivity index (χ2n) is 6.28. The maximum atomic E-state index is 12.7. The van der Waals surface area contributed by atoms with Crippen LogP contribution in [-0.2, 0) is 11.2 Å². The van der Waals surface area contributed by atoms with Crippen LogP contribution in [0.2, 0.25) is 0 Å². The number of carbonyl (C=O) groups excluding carboxylic acids is 2. The van der Waals surface area contributed by atoms with Crippen molar-refractivity contribution in [1.29, 1.82) is 0 Å². The van der Waals surface area contributed by atoms with Gasteiger partial charge in [0.1, 0.15) is 11.9 Å². The van der Waals surface area contributed by atoms with Gasteiger partial charge in [-0.1, -0.05) is 6.92 Å². The Morgan fingerprint density at radius 1 is 1.09 bits per heavy atom. The van der Waals surface area contributed by atoms with Gasteiger partial charge < -0.3 is 9.80 Å². The van der Waals surface area contributed by atoms with Gasteiger partial charge in [0.05, 0.1) is 5.56 Å². The highest BCUT2D eigenvalue weighted by atomic mass is 16.2. The van der Waals surface area contributed by atoms with Crippen molar-refractivity contribution in [2.24, 2.45) is 0 Å². The molecule has 124 valence electrons. The molecule has 0 aliphatic carbocycles. The monoisotopic (exact) mass is 316 g/mol. The molecule has 2 fully saturated rings. The van der Waals surface area contributed by atoms with Crippen molar-refractivity contribution in [3.8, 4) is 0 Å². The number of amides is 2.